The van der Waals surface area contributed by atoms with Crippen molar-refractivity contribution in [3.63, 3.8) is 0 Å². The summed E-state index contributed by atoms with van der Waals surface area (Å²) in [5, 5.41) is 2.50. The molecule has 1 fully saturated rings. The van der Waals surface area contributed by atoms with Gasteiger partial charge in [-0.2, -0.15) is 0 Å². The maximum atomic E-state index is 13.0. The Morgan fingerprint density at radius 2 is 1.73 bits per heavy atom. The van der Waals surface area contributed by atoms with E-state index in [4.69, 9.17) is 0 Å². The number of rotatable bonds is 5. The van der Waals surface area contributed by atoms with Crippen LogP contribution >= 0.6 is 27.7 Å². The first-order chi connectivity index (χ1) is 15.7. The molecule has 1 aromatic heterocycles. The summed E-state index contributed by atoms with van der Waals surface area (Å²) in [6.07, 6.45) is 1.79. The first-order valence-electron chi connectivity index (χ1n) is 10.3. The molecule has 0 unspecified atom stereocenters. The van der Waals surface area contributed by atoms with Crippen LogP contribution < -0.4 is 5.32 Å². The number of benzene rings is 2. The molecule has 2 heterocycles. The molecule has 8 heteroatoms. The second kappa shape index (κ2) is 9.41. The lowest BCUT2D eigenvalue weighted by Gasteiger charge is -2.12. The van der Waals surface area contributed by atoms with Gasteiger partial charge in [0.25, 0.3) is 11.1 Å². The molecule has 0 atom stereocenters. The number of hydrogen-bond donors (Lipinski definition) is 1. The second-order valence-corrected chi connectivity index (χ2v) is 9.69. The van der Waals surface area contributed by atoms with Crippen LogP contribution in [-0.4, -0.2) is 26.5 Å². The van der Waals surface area contributed by atoms with Gasteiger partial charge in [-0.3, -0.25) is 19.3 Å². The molecule has 3 aromatic rings. The predicted molar refractivity (Wildman–Crippen MR) is 135 cm³/mol. The number of thioether (sulfide) groups is 1. The molecule has 1 saturated heterocycles. The third kappa shape index (κ3) is 4.96. The molecule has 0 saturated carbocycles. The average molecular weight is 524 g/mol. The van der Waals surface area contributed by atoms with E-state index in [1.807, 2.05) is 68.4 Å². The Balaban J connectivity index is 1.58. The molecule has 0 bridgehead atoms. The van der Waals surface area contributed by atoms with Gasteiger partial charge in [0.2, 0.25) is 5.91 Å². The number of carbonyl (C=O) groups excluding carboxylic acids is 3. The van der Waals surface area contributed by atoms with E-state index in [1.54, 1.807) is 6.08 Å². The van der Waals surface area contributed by atoms with Crippen LogP contribution in [0.2, 0.25) is 0 Å². The number of hydrogen-bond acceptors (Lipinski definition) is 4. The summed E-state index contributed by atoms with van der Waals surface area (Å²) >= 11 is 4.36. The van der Waals surface area contributed by atoms with Crippen molar-refractivity contribution in [1.29, 1.82) is 0 Å². The molecule has 0 spiro atoms. The molecule has 168 valence electrons. The molecule has 4 rings (SSSR count). The molecule has 1 aliphatic heterocycles. The highest BCUT2D eigenvalue weighted by Gasteiger charge is 2.35. The fourth-order valence-corrected chi connectivity index (χ4v) is 4.87. The summed E-state index contributed by atoms with van der Waals surface area (Å²) in [7, 11) is 0. The maximum Gasteiger partial charge on any atom is 0.293 e. The number of aromatic nitrogens is 1. The Kier molecular flexibility index (Phi) is 6.58. The highest BCUT2D eigenvalue weighted by atomic mass is 79.9. The van der Waals surface area contributed by atoms with Crippen molar-refractivity contribution in [3.05, 3.63) is 86.5 Å². The van der Waals surface area contributed by atoms with Crippen LogP contribution in [-0.2, 0) is 16.1 Å². The Morgan fingerprint density at radius 3 is 2.36 bits per heavy atom. The van der Waals surface area contributed by atoms with Crippen LogP contribution in [0.25, 0.3) is 11.8 Å². The van der Waals surface area contributed by atoms with Crippen LogP contribution in [0, 0.1) is 13.8 Å². The smallest absolute Gasteiger partial charge is 0.293 e. The fourth-order valence-electron chi connectivity index (χ4n) is 3.78. The molecule has 2 aromatic carbocycles. The van der Waals surface area contributed by atoms with Crippen molar-refractivity contribution in [2.45, 2.75) is 27.3 Å². The maximum absolute atomic E-state index is 13.0. The third-order valence-electron chi connectivity index (χ3n) is 5.33. The quantitative estimate of drug-likeness (QED) is 0.413. The van der Waals surface area contributed by atoms with Crippen molar-refractivity contribution in [1.82, 2.24) is 9.47 Å². The highest BCUT2D eigenvalue weighted by Crippen LogP contribution is 2.35. The topological polar surface area (TPSA) is 71.4 Å². The lowest BCUT2D eigenvalue weighted by atomic mass is 10.2. The minimum Gasteiger partial charge on any atom is -0.326 e. The third-order valence-corrected chi connectivity index (χ3v) is 6.77. The monoisotopic (exact) mass is 523 g/mol. The van der Waals surface area contributed by atoms with E-state index in [1.165, 1.54) is 11.8 Å². The number of halogens is 1. The van der Waals surface area contributed by atoms with Crippen molar-refractivity contribution < 1.29 is 14.4 Å². The van der Waals surface area contributed by atoms with Gasteiger partial charge in [0.1, 0.15) is 0 Å². The zero-order chi connectivity index (χ0) is 23.7. The van der Waals surface area contributed by atoms with Gasteiger partial charge in [-0.05, 0) is 85.3 Å². The van der Waals surface area contributed by atoms with Gasteiger partial charge in [-0.1, -0.05) is 28.1 Å². The molecule has 1 N–H and O–H groups in total. The number of aryl methyl sites for hydroxylation is 1. The average Bonchev–Trinajstić information content (AvgIpc) is 3.19. The van der Waals surface area contributed by atoms with Crippen LogP contribution in [0.15, 0.2) is 64.0 Å². The van der Waals surface area contributed by atoms with Crippen molar-refractivity contribution in [3.8, 4) is 5.69 Å². The predicted octanol–water partition coefficient (Wildman–Crippen LogP) is 6.05. The van der Waals surface area contributed by atoms with Crippen LogP contribution in [0.4, 0.5) is 10.5 Å². The van der Waals surface area contributed by atoms with E-state index >= 15 is 0 Å². The zero-order valence-corrected chi connectivity index (χ0v) is 20.8. The molecular formula is C25H22BrN3O3S. The lowest BCUT2D eigenvalue weighted by molar-refractivity contribution is -0.123. The number of carbonyl (C=O) groups is 3. The van der Waals surface area contributed by atoms with Gasteiger partial charge in [-0.25, -0.2) is 0 Å². The lowest BCUT2D eigenvalue weighted by Crippen LogP contribution is -2.27. The summed E-state index contributed by atoms with van der Waals surface area (Å²) in [5.41, 5.74) is 5.41. The summed E-state index contributed by atoms with van der Waals surface area (Å²) < 4.78 is 3.02. The van der Waals surface area contributed by atoms with E-state index < -0.39 is 0 Å². The molecule has 1 aliphatic rings. The zero-order valence-electron chi connectivity index (χ0n) is 18.4. The first kappa shape index (κ1) is 23.1. The van der Waals surface area contributed by atoms with Crippen LogP contribution in [0.5, 0.6) is 0 Å². The van der Waals surface area contributed by atoms with Crippen molar-refractivity contribution >= 4 is 56.5 Å². The number of amides is 3. The Hall–Kier alpha value is -3.10. The van der Waals surface area contributed by atoms with E-state index in [0.717, 1.165) is 50.1 Å². The SMILES string of the molecule is CC(=O)Nc1ccc(-n2c(C)cc(/C=C3\SC(=O)N(Cc4ccc(Br)cc4)C3=O)c2C)cc1. The van der Waals surface area contributed by atoms with Crippen molar-refractivity contribution in [2.24, 2.45) is 0 Å². The summed E-state index contributed by atoms with van der Waals surface area (Å²) in [6.45, 7) is 5.69. The minimum atomic E-state index is -0.280. The van der Waals surface area contributed by atoms with Gasteiger partial charge >= 0.3 is 0 Å². The van der Waals surface area contributed by atoms with E-state index in [9.17, 15) is 14.4 Å². The highest BCUT2D eigenvalue weighted by molar-refractivity contribution is 9.10. The largest absolute Gasteiger partial charge is 0.326 e. The van der Waals surface area contributed by atoms with Gasteiger partial charge in [-0.15, -0.1) is 0 Å². The van der Waals surface area contributed by atoms with Gasteiger partial charge in [0.05, 0.1) is 11.4 Å². The van der Waals surface area contributed by atoms with Crippen LogP contribution in [0.3, 0.4) is 0 Å². The normalized spacial score (nSPS) is 14.9. The Bertz CT molecular complexity index is 1280. The van der Waals surface area contributed by atoms with Gasteiger partial charge < -0.3 is 9.88 Å². The summed E-state index contributed by atoms with van der Waals surface area (Å²) in [4.78, 5) is 38.4. The number of anilines is 1. The fraction of sp³-hybridized carbons (Fsp3) is 0.160. The van der Waals surface area contributed by atoms with Gasteiger partial charge in [0.15, 0.2) is 0 Å². The first-order valence-corrected chi connectivity index (χ1v) is 11.9. The number of nitrogens with one attached hydrogen (secondary N) is 1. The second-order valence-electron chi connectivity index (χ2n) is 7.78. The van der Waals surface area contributed by atoms with Gasteiger partial charge in [0, 0.05) is 34.2 Å². The Labute approximate surface area is 204 Å². The van der Waals surface area contributed by atoms with Crippen molar-refractivity contribution in [2.75, 3.05) is 5.32 Å². The van der Waals surface area contributed by atoms with E-state index in [-0.39, 0.29) is 23.6 Å². The van der Waals surface area contributed by atoms with E-state index in [0.29, 0.717) is 4.91 Å². The molecule has 0 radical (unpaired) electrons. The molecule has 0 aliphatic carbocycles. The standard InChI is InChI=1S/C25H22BrN3O3S/c1-15-12-19(16(2)29(15)22-10-8-21(9-11-22)27-17(3)30)13-23-24(31)28(25(32)33-23)14-18-4-6-20(26)7-5-18/h4-13H,14H2,1-3H3,(H,27,30)/b23-13-. The minimum absolute atomic E-state index is 0.118. The molecule has 3 amide bonds. The Morgan fingerprint density at radius 1 is 1.06 bits per heavy atom. The molecule has 6 nitrogen and oxygen atoms in total. The van der Waals surface area contributed by atoms with E-state index in [2.05, 4.69) is 25.8 Å². The number of nitrogens with zero attached hydrogens (tertiary/aromatic N) is 2. The summed E-state index contributed by atoms with van der Waals surface area (Å²) in [5.74, 6) is -0.398. The molecule has 33 heavy (non-hydrogen) atoms. The van der Waals surface area contributed by atoms with Crippen LogP contribution in [0.1, 0.15) is 29.4 Å². The molecular weight excluding hydrogens is 502 g/mol. The number of imide groups is 1. The summed E-state index contributed by atoms with van der Waals surface area (Å²) in [6, 6.07) is 17.1.